The van der Waals surface area contributed by atoms with Crippen molar-refractivity contribution in [2.45, 2.75) is 26.7 Å². The summed E-state index contributed by atoms with van der Waals surface area (Å²) < 4.78 is 4.98. The highest BCUT2D eigenvalue weighted by Gasteiger charge is 2.18. The number of aromatic nitrogens is 1. The first-order valence-electron chi connectivity index (χ1n) is 5.90. The molecular weight excluding hydrogens is 248 g/mol. The fourth-order valence-electron chi connectivity index (χ4n) is 1.68. The molecule has 2 heterocycles. The number of carbonyl (C=O) groups is 1. The Morgan fingerprint density at radius 3 is 2.83 bits per heavy atom. The molecule has 0 bridgehead atoms. The van der Waals surface area contributed by atoms with E-state index in [9.17, 15) is 4.79 Å². The summed E-state index contributed by atoms with van der Waals surface area (Å²) in [5.74, 6) is -0.0205. The highest BCUT2D eigenvalue weighted by Crippen LogP contribution is 2.33. The van der Waals surface area contributed by atoms with E-state index in [-0.39, 0.29) is 5.97 Å². The number of hydrogen-bond donors (Lipinski definition) is 1. The number of nitrogens with two attached hydrogens (primary N) is 1. The maximum Gasteiger partial charge on any atom is 0.350 e. The van der Waals surface area contributed by atoms with Gasteiger partial charge in [0, 0.05) is 11.1 Å². The van der Waals surface area contributed by atoms with Crippen LogP contribution >= 0.6 is 11.3 Å². The normalized spacial score (nSPS) is 11.1. The van der Waals surface area contributed by atoms with E-state index in [0.29, 0.717) is 23.1 Å². The van der Waals surface area contributed by atoms with Crippen LogP contribution in [0, 0.1) is 0 Å². The van der Waals surface area contributed by atoms with Crippen molar-refractivity contribution in [3.63, 3.8) is 0 Å². The van der Waals surface area contributed by atoms with Gasteiger partial charge in [0.1, 0.15) is 9.71 Å². The third kappa shape index (κ3) is 2.18. The van der Waals surface area contributed by atoms with Crippen LogP contribution in [-0.4, -0.2) is 17.6 Å². The number of nitrogens with zero attached hydrogens (tertiary/aromatic N) is 1. The molecule has 0 saturated heterocycles. The van der Waals surface area contributed by atoms with Crippen LogP contribution in [0.4, 0.5) is 5.69 Å². The SMILES string of the molecule is CCOC(=O)c1sc2nc(C(C)C)ccc2c1N. The van der Waals surface area contributed by atoms with Gasteiger partial charge < -0.3 is 10.5 Å². The van der Waals surface area contributed by atoms with Gasteiger partial charge in [0.2, 0.25) is 0 Å². The fraction of sp³-hybridized carbons (Fsp3) is 0.385. The molecule has 2 aromatic rings. The molecule has 0 aliphatic carbocycles. The molecule has 18 heavy (non-hydrogen) atoms. The fourth-order valence-corrected chi connectivity index (χ4v) is 2.68. The Bertz CT molecular complexity index is 590. The minimum Gasteiger partial charge on any atom is -0.462 e. The van der Waals surface area contributed by atoms with E-state index in [1.807, 2.05) is 12.1 Å². The minimum atomic E-state index is -0.371. The second-order valence-electron chi connectivity index (χ2n) is 4.31. The van der Waals surface area contributed by atoms with Gasteiger partial charge in [-0.3, -0.25) is 0 Å². The highest BCUT2D eigenvalue weighted by atomic mass is 32.1. The monoisotopic (exact) mass is 264 g/mol. The van der Waals surface area contributed by atoms with Gasteiger partial charge in [-0.1, -0.05) is 13.8 Å². The number of carbonyl (C=O) groups excluding carboxylic acids is 1. The number of esters is 1. The Kier molecular flexibility index (Phi) is 3.52. The number of fused-ring (bicyclic) bond motifs is 1. The summed E-state index contributed by atoms with van der Waals surface area (Å²) in [6.07, 6.45) is 0. The van der Waals surface area contributed by atoms with E-state index in [1.165, 1.54) is 11.3 Å². The molecule has 0 radical (unpaired) electrons. The summed E-state index contributed by atoms with van der Waals surface area (Å²) in [5, 5.41) is 0.826. The molecule has 4 nitrogen and oxygen atoms in total. The van der Waals surface area contributed by atoms with Gasteiger partial charge in [0.05, 0.1) is 12.3 Å². The molecule has 0 amide bonds. The third-order valence-electron chi connectivity index (χ3n) is 2.67. The lowest BCUT2D eigenvalue weighted by molar-refractivity contribution is 0.0533. The van der Waals surface area contributed by atoms with Crippen LogP contribution in [-0.2, 0) is 4.74 Å². The summed E-state index contributed by atoms with van der Waals surface area (Å²) >= 11 is 1.29. The third-order valence-corrected chi connectivity index (χ3v) is 3.76. The van der Waals surface area contributed by atoms with E-state index in [2.05, 4.69) is 18.8 Å². The molecular formula is C13H16N2O2S. The smallest absolute Gasteiger partial charge is 0.350 e. The summed E-state index contributed by atoms with van der Waals surface area (Å²) in [6, 6.07) is 3.87. The summed E-state index contributed by atoms with van der Waals surface area (Å²) in [7, 11) is 0. The zero-order valence-electron chi connectivity index (χ0n) is 10.7. The molecule has 2 rings (SSSR count). The van der Waals surface area contributed by atoms with E-state index in [4.69, 9.17) is 10.5 Å². The summed E-state index contributed by atoms with van der Waals surface area (Å²) in [5.41, 5.74) is 7.43. The maximum absolute atomic E-state index is 11.7. The molecule has 5 heteroatoms. The second kappa shape index (κ2) is 4.94. The zero-order chi connectivity index (χ0) is 13.3. The topological polar surface area (TPSA) is 65.2 Å². The van der Waals surface area contributed by atoms with Crippen molar-refractivity contribution >= 4 is 33.2 Å². The number of anilines is 1. The number of hydrogen-bond acceptors (Lipinski definition) is 5. The molecule has 0 spiro atoms. The first kappa shape index (κ1) is 12.8. The van der Waals surface area contributed by atoms with Gasteiger partial charge in [-0.2, -0.15) is 0 Å². The van der Waals surface area contributed by atoms with Crippen LogP contribution in [0.1, 0.15) is 42.1 Å². The van der Waals surface area contributed by atoms with Crippen molar-refractivity contribution in [3.05, 3.63) is 22.7 Å². The van der Waals surface area contributed by atoms with Gasteiger partial charge in [-0.15, -0.1) is 11.3 Å². The predicted octanol–water partition coefficient (Wildman–Crippen LogP) is 3.18. The Morgan fingerprint density at radius 2 is 2.22 bits per heavy atom. The maximum atomic E-state index is 11.7. The van der Waals surface area contributed by atoms with Crippen LogP contribution in [0.5, 0.6) is 0 Å². The van der Waals surface area contributed by atoms with Gasteiger partial charge in [-0.05, 0) is 25.0 Å². The Morgan fingerprint density at radius 1 is 1.50 bits per heavy atom. The van der Waals surface area contributed by atoms with Gasteiger partial charge in [0.15, 0.2) is 0 Å². The average Bonchev–Trinajstić information content (AvgIpc) is 2.66. The van der Waals surface area contributed by atoms with Crippen molar-refractivity contribution in [3.8, 4) is 0 Å². The lowest BCUT2D eigenvalue weighted by atomic mass is 10.1. The van der Waals surface area contributed by atoms with Crippen LogP contribution in [0.25, 0.3) is 10.2 Å². The van der Waals surface area contributed by atoms with Gasteiger partial charge in [-0.25, -0.2) is 9.78 Å². The molecule has 96 valence electrons. The van der Waals surface area contributed by atoms with Gasteiger partial charge in [0.25, 0.3) is 0 Å². The first-order chi connectivity index (χ1) is 8.54. The van der Waals surface area contributed by atoms with Crippen LogP contribution in [0.3, 0.4) is 0 Å². The molecule has 0 saturated carbocycles. The first-order valence-corrected chi connectivity index (χ1v) is 6.72. The van der Waals surface area contributed by atoms with Crippen molar-refractivity contribution in [1.82, 2.24) is 4.98 Å². The quantitative estimate of drug-likeness (QED) is 0.865. The molecule has 0 aliphatic rings. The van der Waals surface area contributed by atoms with Crippen LogP contribution < -0.4 is 5.73 Å². The summed E-state index contributed by atoms with van der Waals surface area (Å²) in [6.45, 7) is 6.28. The van der Waals surface area contributed by atoms with Crippen molar-refractivity contribution in [1.29, 1.82) is 0 Å². The lowest BCUT2D eigenvalue weighted by Gasteiger charge is -2.03. The van der Waals surface area contributed by atoms with Gasteiger partial charge >= 0.3 is 5.97 Å². The standard InChI is InChI=1S/C13H16N2O2S/c1-4-17-13(16)11-10(14)8-5-6-9(7(2)3)15-12(8)18-11/h5-7H,4,14H2,1-3H3. The number of ether oxygens (including phenoxy) is 1. The molecule has 0 fully saturated rings. The molecule has 0 aliphatic heterocycles. The number of nitrogen functional groups attached to an aromatic ring is 1. The number of pyridine rings is 1. The van der Waals surface area contributed by atoms with Crippen molar-refractivity contribution in [2.75, 3.05) is 12.3 Å². The Balaban J connectivity index is 2.52. The average molecular weight is 264 g/mol. The van der Waals surface area contributed by atoms with Crippen LogP contribution in [0.15, 0.2) is 12.1 Å². The zero-order valence-corrected chi connectivity index (χ0v) is 11.5. The lowest BCUT2D eigenvalue weighted by Crippen LogP contribution is -2.04. The largest absolute Gasteiger partial charge is 0.462 e. The molecule has 2 N–H and O–H groups in total. The van der Waals surface area contributed by atoms with Crippen LogP contribution in [0.2, 0.25) is 0 Å². The van der Waals surface area contributed by atoms with E-state index in [1.54, 1.807) is 6.92 Å². The van der Waals surface area contributed by atoms with Crippen molar-refractivity contribution < 1.29 is 9.53 Å². The van der Waals surface area contributed by atoms with E-state index < -0.39 is 0 Å². The molecule has 0 unspecified atom stereocenters. The van der Waals surface area contributed by atoms with Crippen molar-refractivity contribution in [2.24, 2.45) is 0 Å². The molecule has 2 aromatic heterocycles. The van der Waals surface area contributed by atoms with E-state index in [0.717, 1.165) is 15.9 Å². The Labute approximate surface area is 110 Å². The number of thiophene rings is 1. The minimum absolute atomic E-state index is 0.344. The molecule has 0 atom stereocenters. The highest BCUT2D eigenvalue weighted by molar-refractivity contribution is 7.21. The van der Waals surface area contributed by atoms with E-state index >= 15 is 0 Å². The second-order valence-corrected chi connectivity index (χ2v) is 5.31. The Hall–Kier alpha value is -1.62. The molecule has 0 aromatic carbocycles. The number of rotatable bonds is 3. The summed E-state index contributed by atoms with van der Waals surface area (Å²) in [4.78, 5) is 17.5. The predicted molar refractivity (Wildman–Crippen MR) is 74.1 cm³/mol.